The van der Waals surface area contributed by atoms with Crippen molar-refractivity contribution in [1.29, 1.82) is 0 Å². The first kappa shape index (κ1) is 19.5. The van der Waals surface area contributed by atoms with E-state index in [1.54, 1.807) is 26.1 Å². The summed E-state index contributed by atoms with van der Waals surface area (Å²) in [6.07, 6.45) is 1.16. The van der Waals surface area contributed by atoms with Crippen LogP contribution in [0.5, 0.6) is 11.5 Å². The normalized spacial score (nSPS) is 14.6. The lowest BCUT2D eigenvalue weighted by Gasteiger charge is -2.27. The fourth-order valence-corrected chi connectivity index (χ4v) is 4.12. The van der Waals surface area contributed by atoms with E-state index in [0.29, 0.717) is 6.54 Å². The number of rotatable bonds is 7. The highest BCUT2D eigenvalue weighted by Gasteiger charge is 2.16. The van der Waals surface area contributed by atoms with Crippen molar-refractivity contribution in [1.82, 2.24) is 15.5 Å². The van der Waals surface area contributed by atoms with Crippen molar-refractivity contribution < 1.29 is 9.47 Å². The maximum Gasteiger partial charge on any atom is 0.191 e. The van der Waals surface area contributed by atoms with E-state index in [1.807, 2.05) is 29.5 Å². The molecule has 3 rings (SSSR count). The van der Waals surface area contributed by atoms with Gasteiger partial charge in [0, 0.05) is 56.3 Å². The van der Waals surface area contributed by atoms with Crippen molar-refractivity contribution in [2.75, 3.05) is 40.9 Å². The van der Waals surface area contributed by atoms with E-state index in [4.69, 9.17) is 9.47 Å². The number of hydrogen-bond acceptors (Lipinski definition) is 5. The number of nitrogens with one attached hydrogen (secondary N) is 2. The summed E-state index contributed by atoms with van der Waals surface area (Å²) >= 11 is 1.88. The van der Waals surface area contributed by atoms with Gasteiger partial charge in [-0.3, -0.25) is 9.89 Å². The lowest BCUT2D eigenvalue weighted by atomic mass is 10.1. The number of thiophene rings is 1. The second kappa shape index (κ2) is 9.62. The average molecular weight is 389 g/mol. The van der Waals surface area contributed by atoms with E-state index in [2.05, 4.69) is 32.0 Å². The van der Waals surface area contributed by atoms with Gasteiger partial charge in [0.15, 0.2) is 5.96 Å². The summed E-state index contributed by atoms with van der Waals surface area (Å²) in [6.45, 7) is 4.68. The van der Waals surface area contributed by atoms with Crippen molar-refractivity contribution in [3.8, 4) is 11.5 Å². The summed E-state index contributed by atoms with van der Waals surface area (Å²) in [5.41, 5.74) is 2.54. The van der Waals surface area contributed by atoms with Gasteiger partial charge in [-0.15, -0.1) is 11.3 Å². The van der Waals surface area contributed by atoms with Crippen LogP contribution in [0, 0.1) is 0 Å². The maximum atomic E-state index is 5.45. The Kier molecular flexibility index (Phi) is 6.95. The van der Waals surface area contributed by atoms with E-state index < -0.39 is 0 Å². The Morgan fingerprint density at radius 3 is 2.89 bits per heavy atom. The van der Waals surface area contributed by atoms with Gasteiger partial charge in [-0.2, -0.15) is 0 Å². The Balaban J connectivity index is 1.45. The van der Waals surface area contributed by atoms with Gasteiger partial charge < -0.3 is 20.1 Å². The van der Waals surface area contributed by atoms with Crippen LogP contribution in [0.15, 0.2) is 34.6 Å². The molecule has 0 aliphatic carbocycles. The number of methoxy groups -OCH3 is 2. The lowest BCUT2D eigenvalue weighted by molar-refractivity contribution is 0.260. The predicted molar refractivity (Wildman–Crippen MR) is 111 cm³/mol. The molecule has 0 unspecified atom stereocenters. The fraction of sp³-hybridized carbons (Fsp3) is 0.450. The summed E-state index contributed by atoms with van der Waals surface area (Å²) in [4.78, 5) is 8.35. The van der Waals surface area contributed by atoms with Crippen LogP contribution in [0.2, 0.25) is 0 Å². The SMILES string of the molecule is CN=C(NCCN1CCc2sccc2C1)NCc1ccc(OC)cc1OC. The molecule has 2 heterocycles. The molecule has 27 heavy (non-hydrogen) atoms. The molecular formula is C20H28N4O2S. The van der Waals surface area contributed by atoms with Crippen LogP contribution in [-0.4, -0.2) is 51.8 Å². The van der Waals surface area contributed by atoms with Crippen molar-refractivity contribution in [2.45, 2.75) is 19.5 Å². The molecule has 1 aliphatic heterocycles. The Morgan fingerprint density at radius 2 is 2.11 bits per heavy atom. The molecule has 0 spiro atoms. The first-order valence-corrected chi connectivity index (χ1v) is 10.0. The van der Waals surface area contributed by atoms with Crippen LogP contribution in [-0.2, 0) is 19.5 Å². The maximum absolute atomic E-state index is 5.45. The number of fused-ring (bicyclic) bond motifs is 1. The monoisotopic (exact) mass is 388 g/mol. The molecule has 0 saturated carbocycles. The zero-order valence-corrected chi connectivity index (χ0v) is 17.1. The highest BCUT2D eigenvalue weighted by molar-refractivity contribution is 7.10. The first-order chi connectivity index (χ1) is 13.2. The van der Waals surface area contributed by atoms with Gasteiger partial charge in [-0.05, 0) is 35.6 Å². The zero-order valence-electron chi connectivity index (χ0n) is 16.2. The molecule has 0 bridgehead atoms. The summed E-state index contributed by atoms with van der Waals surface area (Å²) in [7, 11) is 5.11. The number of nitrogens with zero attached hydrogens (tertiary/aromatic N) is 2. The van der Waals surface area contributed by atoms with Gasteiger partial charge in [-0.1, -0.05) is 0 Å². The number of ether oxygens (including phenoxy) is 2. The van der Waals surface area contributed by atoms with E-state index in [9.17, 15) is 0 Å². The zero-order chi connectivity index (χ0) is 19.1. The molecule has 0 saturated heterocycles. The van der Waals surface area contributed by atoms with Gasteiger partial charge in [-0.25, -0.2) is 0 Å². The molecule has 146 valence electrons. The average Bonchev–Trinajstić information content (AvgIpc) is 3.18. The third kappa shape index (κ3) is 5.14. The van der Waals surface area contributed by atoms with E-state index in [-0.39, 0.29) is 0 Å². The number of guanidine groups is 1. The van der Waals surface area contributed by atoms with E-state index in [1.165, 1.54) is 5.56 Å². The van der Waals surface area contributed by atoms with Gasteiger partial charge >= 0.3 is 0 Å². The topological polar surface area (TPSA) is 58.1 Å². The Bertz CT molecular complexity index is 775. The van der Waals surface area contributed by atoms with Crippen molar-refractivity contribution in [3.63, 3.8) is 0 Å². The Labute approximate surface area is 165 Å². The van der Waals surface area contributed by atoms with Gasteiger partial charge in [0.1, 0.15) is 11.5 Å². The first-order valence-electron chi connectivity index (χ1n) is 9.16. The van der Waals surface area contributed by atoms with Gasteiger partial charge in [0.05, 0.1) is 14.2 Å². The van der Waals surface area contributed by atoms with Crippen LogP contribution < -0.4 is 20.1 Å². The van der Waals surface area contributed by atoms with Crippen LogP contribution in [0.3, 0.4) is 0 Å². The van der Waals surface area contributed by atoms with Crippen LogP contribution >= 0.6 is 11.3 Å². The van der Waals surface area contributed by atoms with E-state index >= 15 is 0 Å². The standard InChI is InChI=1S/C20H28N4O2S/c1-21-20(23-13-15-4-5-17(25-2)12-18(15)26-3)22-8-10-24-9-6-19-16(14-24)7-11-27-19/h4-5,7,11-12H,6,8-10,13-14H2,1-3H3,(H2,21,22,23). The van der Waals surface area contributed by atoms with E-state index in [0.717, 1.165) is 55.6 Å². The quantitative estimate of drug-likeness (QED) is 0.564. The second-order valence-corrected chi connectivity index (χ2v) is 7.43. The van der Waals surface area contributed by atoms with Crippen LogP contribution in [0.1, 0.15) is 16.0 Å². The summed E-state index contributed by atoms with van der Waals surface area (Å²) in [5, 5.41) is 8.95. The summed E-state index contributed by atoms with van der Waals surface area (Å²) in [5.74, 6) is 2.38. The van der Waals surface area contributed by atoms with Gasteiger partial charge in [0.25, 0.3) is 0 Å². The van der Waals surface area contributed by atoms with Gasteiger partial charge in [0.2, 0.25) is 0 Å². The fourth-order valence-electron chi connectivity index (χ4n) is 3.23. The number of hydrogen-bond donors (Lipinski definition) is 2. The molecule has 0 atom stereocenters. The largest absolute Gasteiger partial charge is 0.497 e. The molecule has 1 aliphatic rings. The third-order valence-corrected chi connectivity index (χ3v) is 5.79. The van der Waals surface area contributed by atoms with Crippen LogP contribution in [0.4, 0.5) is 0 Å². The molecule has 1 aromatic heterocycles. The molecule has 6 nitrogen and oxygen atoms in total. The molecule has 1 aromatic carbocycles. The molecule has 7 heteroatoms. The number of aliphatic imine (C=N–C) groups is 1. The minimum absolute atomic E-state index is 0.634. The third-order valence-electron chi connectivity index (χ3n) is 4.77. The lowest BCUT2D eigenvalue weighted by Crippen LogP contribution is -2.42. The number of benzene rings is 1. The molecular weight excluding hydrogens is 360 g/mol. The molecule has 2 aromatic rings. The summed E-state index contributed by atoms with van der Waals surface area (Å²) < 4.78 is 10.7. The summed E-state index contributed by atoms with van der Waals surface area (Å²) in [6, 6.07) is 8.08. The smallest absolute Gasteiger partial charge is 0.191 e. The van der Waals surface area contributed by atoms with Crippen LogP contribution in [0.25, 0.3) is 0 Å². The minimum Gasteiger partial charge on any atom is -0.497 e. The van der Waals surface area contributed by atoms with Crippen molar-refractivity contribution in [2.24, 2.45) is 4.99 Å². The highest BCUT2D eigenvalue weighted by Crippen LogP contribution is 2.24. The molecule has 0 radical (unpaired) electrons. The Hall–Kier alpha value is -2.25. The molecule has 0 amide bonds. The molecule has 0 fully saturated rings. The minimum atomic E-state index is 0.634. The van der Waals surface area contributed by atoms with Crippen molar-refractivity contribution in [3.05, 3.63) is 45.6 Å². The highest BCUT2D eigenvalue weighted by atomic mass is 32.1. The predicted octanol–water partition coefficient (Wildman–Crippen LogP) is 2.49. The molecule has 2 N–H and O–H groups in total. The second-order valence-electron chi connectivity index (χ2n) is 6.43. The van der Waals surface area contributed by atoms with Crippen molar-refractivity contribution >= 4 is 17.3 Å². The Morgan fingerprint density at radius 1 is 1.22 bits per heavy atom.